The summed E-state index contributed by atoms with van der Waals surface area (Å²) in [6.45, 7) is 13.0. The van der Waals surface area contributed by atoms with Gasteiger partial charge in [0, 0.05) is 56.4 Å². The van der Waals surface area contributed by atoms with Gasteiger partial charge in [-0.3, -0.25) is 19.2 Å². The van der Waals surface area contributed by atoms with Gasteiger partial charge in [0.2, 0.25) is 5.79 Å². The van der Waals surface area contributed by atoms with Gasteiger partial charge < -0.3 is 43.9 Å². The van der Waals surface area contributed by atoms with Crippen LogP contribution in [0.15, 0.2) is 71.9 Å². The van der Waals surface area contributed by atoms with Crippen molar-refractivity contribution in [1.29, 1.82) is 0 Å². The Morgan fingerprint density at radius 3 is 2.28 bits per heavy atom. The average molecular weight is 1020 g/mol. The summed E-state index contributed by atoms with van der Waals surface area (Å²) in [5.74, 6) is -8.21. The zero-order valence-electron chi connectivity index (χ0n) is 44.0. The van der Waals surface area contributed by atoms with E-state index in [2.05, 4.69) is 0 Å². The lowest BCUT2D eigenvalue weighted by atomic mass is 9.78. The summed E-state index contributed by atoms with van der Waals surface area (Å²) >= 11 is 6.16. The lowest BCUT2D eigenvalue weighted by Gasteiger charge is -2.43. The number of ether oxygens (including phenoxy) is 5. The van der Waals surface area contributed by atoms with Gasteiger partial charge in [-0.05, 0) is 125 Å². The Kier molecular flexibility index (Phi) is 22.6. The predicted octanol–water partition coefficient (Wildman–Crippen LogP) is 8.40. The van der Waals surface area contributed by atoms with Crippen molar-refractivity contribution < 1.29 is 63.0 Å². The minimum absolute atomic E-state index is 0.00964. The Morgan fingerprint density at radius 1 is 0.861 bits per heavy atom. The first kappa shape index (κ1) is 59.0. The zero-order chi connectivity index (χ0) is 52.9. The second-order valence-electron chi connectivity index (χ2n) is 21.3. The molecule has 4 aliphatic rings. The van der Waals surface area contributed by atoms with Crippen LogP contribution in [0.1, 0.15) is 131 Å². The quantitative estimate of drug-likeness (QED) is 0.128. The van der Waals surface area contributed by atoms with Gasteiger partial charge in [-0.2, -0.15) is 0 Å². The zero-order valence-corrected chi connectivity index (χ0v) is 44.8. The first-order valence-electron chi connectivity index (χ1n) is 26.2. The van der Waals surface area contributed by atoms with Crippen LogP contribution >= 0.6 is 11.6 Å². The summed E-state index contributed by atoms with van der Waals surface area (Å²) in [7, 11) is 2.94. The maximum atomic E-state index is 14.5. The van der Waals surface area contributed by atoms with Crippen LogP contribution in [-0.2, 0) is 54.3 Å². The van der Waals surface area contributed by atoms with Crippen LogP contribution in [0.5, 0.6) is 0 Å². The number of esters is 1. The molecule has 0 unspecified atom stereocenters. The first-order chi connectivity index (χ1) is 34.2. The molecule has 0 aromatic heterocycles. The van der Waals surface area contributed by atoms with E-state index in [0.29, 0.717) is 68.4 Å². The van der Waals surface area contributed by atoms with Crippen LogP contribution in [0.2, 0.25) is 5.02 Å². The number of allylic oxidation sites excluding steroid dienone is 6. The number of rotatable bonds is 8. The standard InChI is InChI=1S/C57H82ClNO13/c1-34-15-11-10-12-16-35(2)48(70-33-41-19-22-43(58)23-20-41)31-44-24-18-40(7)57(67,72-44)54(64)55(65)59-26-14-13-17-45(59)56(66)71-49(37(4)29-42-21-25-46(60)50(30-42)68-8)32-47(61)36(3)28-39(6)52(63)53(69-9)51(62)38(5)27-34/h10-12,15-16,19-20,22-23,28,34,36-38,40,42,44-46,48-50,52-53,60,63,67H,13-14,17-18,21,24-27,29-33H2,1-9H3/b12-10+,15-11+,35-16+,39-28+/t34-,36-,37-,38-,40-,42+,44+,45+,46-,48-,49+,50-,52-,53+,57-/m1/s1. The molecule has 2 bridgehead atoms. The van der Waals surface area contributed by atoms with Crippen LogP contribution in [0, 0.1) is 35.5 Å². The van der Waals surface area contributed by atoms with Gasteiger partial charge in [-0.15, -0.1) is 0 Å². The number of carbonyl (C=O) groups excluding carboxylic acids is 5. The summed E-state index contributed by atoms with van der Waals surface area (Å²) in [5.41, 5.74) is 2.12. The Bertz CT molecular complexity index is 2120. The third kappa shape index (κ3) is 15.8. The number of methoxy groups -OCH3 is 2. The van der Waals surface area contributed by atoms with Gasteiger partial charge >= 0.3 is 5.97 Å². The second kappa shape index (κ2) is 27.6. The molecule has 1 amide bonds. The molecule has 0 spiro atoms. The van der Waals surface area contributed by atoms with Crippen molar-refractivity contribution in [2.24, 2.45) is 35.5 Å². The molecule has 400 valence electrons. The van der Waals surface area contributed by atoms with Gasteiger partial charge in [0.15, 0.2) is 5.78 Å². The Labute approximate surface area is 432 Å². The van der Waals surface area contributed by atoms with E-state index in [0.717, 1.165) is 11.1 Å². The van der Waals surface area contributed by atoms with Gasteiger partial charge in [-0.25, -0.2) is 4.79 Å². The minimum Gasteiger partial charge on any atom is -0.460 e. The molecular formula is C57H82ClNO13. The van der Waals surface area contributed by atoms with Crippen LogP contribution < -0.4 is 0 Å². The highest BCUT2D eigenvalue weighted by Gasteiger charge is 2.53. The molecule has 1 aromatic carbocycles. The molecule has 3 N–H and O–H groups in total. The maximum Gasteiger partial charge on any atom is 0.329 e. The van der Waals surface area contributed by atoms with Crippen LogP contribution in [0.25, 0.3) is 0 Å². The lowest BCUT2D eigenvalue weighted by Crippen LogP contribution is -2.61. The van der Waals surface area contributed by atoms with E-state index >= 15 is 0 Å². The molecule has 72 heavy (non-hydrogen) atoms. The molecule has 1 aromatic rings. The van der Waals surface area contributed by atoms with E-state index in [1.54, 1.807) is 46.1 Å². The molecule has 2 saturated heterocycles. The number of benzene rings is 1. The average Bonchev–Trinajstić information content (AvgIpc) is 3.36. The molecule has 0 radical (unpaired) electrons. The number of Topliss-reactive ketones (excluding diaryl/α,β-unsaturated/α-hetero) is 3. The molecule has 14 nitrogen and oxygen atoms in total. The molecule has 1 aliphatic carbocycles. The molecule has 15 heteroatoms. The fraction of sp³-hybridized carbons (Fsp3) is 0.667. The number of hydrogen-bond donors (Lipinski definition) is 3. The van der Waals surface area contributed by atoms with Crippen molar-refractivity contribution in [3.05, 3.63) is 82.5 Å². The highest BCUT2D eigenvalue weighted by molar-refractivity contribution is 6.39. The number of hydrogen-bond acceptors (Lipinski definition) is 13. The number of piperidine rings is 1. The third-order valence-electron chi connectivity index (χ3n) is 15.6. The largest absolute Gasteiger partial charge is 0.460 e. The van der Waals surface area contributed by atoms with E-state index in [4.69, 9.17) is 35.3 Å². The topological polar surface area (TPSA) is 195 Å². The van der Waals surface area contributed by atoms with Gasteiger partial charge in [0.1, 0.15) is 30.1 Å². The van der Waals surface area contributed by atoms with Gasteiger partial charge in [-0.1, -0.05) is 94.8 Å². The minimum atomic E-state index is -2.48. The normalized spacial score (nSPS) is 37.6. The smallest absolute Gasteiger partial charge is 0.329 e. The van der Waals surface area contributed by atoms with Gasteiger partial charge in [0.25, 0.3) is 11.7 Å². The van der Waals surface area contributed by atoms with Crippen LogP contribution in [0.3, 0.4) is 0 Å². The maximum absolute atomic E-state index is 14.5. The summed E-state index contributed by atoms with van der Waals surface area (Å²) in [6.07, 6.45) is 10.7. The van der Waals surface area contributed by atoms with Crippen molar-refractivity contribution in [2.45, 2.75) is 187 Å². The molecule has 3 fully saturated rings. The monoisotopic (exact) mass is 1020 g/mol. The van der Waals surface area contributed by atoms with Crippen molar-refractivity contribution in [2.75, 3.05) is 20.8 Å². The van der Waals surface area contributed by atoms with Crippen LogP contribution in [-0.4, -0.2) is 125 Å². The predicted molar refractivity (Wildman–Crippen MR) is 274 cm³/mol. The van der Waals surface area contributed by atoms with E-state index in [-0.39, 0.29) is 67.8 Å². The van der Waals surface area contributed by atoms with E-state index in [1.165, 1.54) is 12.0 Å². The van der Waals surface area contributed by atoms with Crippen molar-refractivity contribution >= 4 is 40.8 Å². The Balaban J connectivity index is 1.49. The number of ketones is 3. The lowest BCUT2D eigenvalue weighted by molar-refractivity contribution is -0.266. The summed E-state index contributed by atoms with van der Waals surface area (Å²) < 4.78 is 30.3. The number of halogens is 1. The van der Waals surface area contributed by atoms with E-state index < -0.39 is 83.9 Å². The highest BCUT2D eigenvalue weighted by Crippen LogP contribution is 2.38. The first-order valence-corrected chi connectivity index (χ1v) is 26.5. The van der Waals surface area contributed by atoms with E-state index in [1.807, 2.05) is 70.2 Å². The Hall–Kier alpha value is -3.86. The number of cyclic esters (lactones) is 1. The Morgan fingerprint density at radius 2 is 1.58 bits per heavy atom. The number of carbonyl (C=O) groups is 5. The fourth-order valence-electron chi connectivity index (χ4n) is 10.8. The number of aliphatic hydroxyl groups excluding tert-OH is 2. The summed E-state index contributed by atoms with van der Waals surface area (Å²) in [5, 5.41) is 34.8. The highest BCUT2D eigenvalue weighted by atomic mass is 35.5. The summed E-state index contributed by atoms with van der Waals surface area (Å²) in [6, 6.07) is 6.15. The second-order valence-corrected chi connectivity index (χ2v) is 21.7. The molecule has 5 rings (SSSR count). The van der Waals surface area contributed by atoms with E-state index in [9.17, 15) is 39.3 Å². The van der Waals surface area contributed by atoms with Crippen molar-refractivity contribution in [3.63, 3.8) is 0 Å². The number of aliphatic hydroxyl groups is 3. The number of fused-ring (bicyclic) bond motifs is 3. The summed E-state index contributed by atoms with van der Waals surface area (Å²) in [4.78, 5) is 72.6. The molecular weight excluding hydrogens is 942 g/mol. The SMILES string of the molecule is CO[C@@H]1C[C@H](C[C@@H](C)[C@@H]2CC(=O)[C@H](C)/C=C(\C)[C@@H](O)[C@@H](OC)C(=O)[C@H](C)C[C@H](C)/C=C/C=C/C=C(\C)[C@H](OCc3ccc(Cl)cc3)C[C@@H]3CC[C@@H](C)[C@@](O)(O3)C(=O)C(=O)N3CCCC[C@H]3C(=O)O2)CC[C@H]1O. The number of nitrogens with zero attached hydrogens (tertiary/aromatic N) is 1. The third-order valence-corrected chi connectivity index (χ3v) is 15.8. The fourth-order valence-corrected chi connectivity index (χ4v) is 10.9. The molecule has 3 aliphatic heterocycles. The van der Waals surface area contributed by atoms with Crippen molar-refractivity contribution in [3.8, 4) is 0 Å². The number of amides is 1. The van der Waals surface area contributed by atoms with Gasteiger partial charge in [0.05, 0.1) is 31.0 Å². The molecule has 15 atom stereocenters. The van der Waals surface area contributed by atoms with Crippen molar-refractivity contribution in [1.82, 2.24) is 4.90 Å². The molecule has 3 heterocycles. The van der Waals surface area contributed by atoms with Crippen LogP contribution in [0.4, 0.5) is 0 Å². The molecule has 1 saturated carbocycles.